The molecule has 0 spiro atoms. The third-order valence-electron chi connectivity index (χ3n) is 9.48. The molecule has 0 bridgehead atoms. The molecule has 0 aliphatic carbocycles. The predicted molar refractivity (Wildman–Crippen MR) is 249 cm³/mol. The highest BCUT2D eigenvalue weighted by atomic mass is 32.1. The van der Waals surface area contributed by atoms with E-state index in [0.717, 1.165) is 50.0 Å². The van der Waals surface area contributed by atoms with E-state index >= 15 is 0 Å². The molecule has 1 atom stereocenters. The first kappa shape index (κ1) is 42.8. The van der Waals surface area contributed by atoms with Crippen LogP contribution in [0.2, 0.25) is 0 Å². The fourth-order valence-corrected chi connectivity index (χ4v) is 7.83. The summed E-state index contributed by atoms with van der Waals surface area (Å²) in [5.41, 5.74) is 2.84. The number of rotatable bonds is 9. The Bertz CT molecular complexity index is 2630. The van der Waals surface area contributed by atoms with Crippen molar-refractivity contribution in [1.82, 2.24) is 14.7 Å². The number of carbonyl (C=O) groups is 2. The van der Waals surface area contributed by atoms with Gasteiger partial charge in [-0.15, -0.1) is 0 Å². The summed E-state index contributed by atoms with van der Waals surface area (Å²) in [7, 11) is 0. The first-order valence-electron chi connectivity index (χ1n) is 19.4. The van der Waals surface area contributed by atoms with Crippen molar-refractivity contribution in [3.63, 3.8) is 0 Å². The largest absolute Gasteiger partial charge is 0.461 e. The number of thiocarbonyl (C=S) groups is 4. The fourth-order valence-electron chi connectivity index (χ4n) is 6.41. The van der Waals surface area contributed by atoms with Gasteiger partial charge in [0.05, 0.1) is 0 Å². The van der Waals surface area contributed by atoms with Gasteiger partial charge in [0.1, 0.15) is 39.4 Å². The van der Waals surface area contributed by atoms with E-state index in [0.29, 0.717) is 51.3 Å². The normalized spacial score (nSPS) is 17.4. The van der Waals surface area contributed by atoms with Gasteiger partial charge in [-0.2, -0.15) is 0 Å². The predicted octanol–water partition coefficient (Wildman–Crippen LogP) is 10.8. The van der Waals surface area contributed by atoms with E-state index in [9.17, 15) is 9.59 Å². The number of fused-ring (bicyclic) bond motifs is 1. The first-order valence-corrected chi connectivity index (χ1v) is 21.0. The van der Waals surface area contributed by atoms with Crippen molar-refractivity contribution < 1.29 is 37.1 Å². The van der Waals surface area contributed by atoms with E-state index in [1.807, 2.05) is 122 Å². The Morgan fingerprint density at radius 3 is 1.80 bits per heavy atom. The van der Waals surface area contributed by atoms with Gasteiger partial charge < -0.3 is 27.5 Å². The minimum absolute atomic E-state index is 0.0178. The Morgan fingerprint density at radius 1 is 0.590 bits per heavy atom. The second kappa shape index (κ2) is 19.4. The molecule has 3 aliphatic heterocycles. The van der Waals surface area contributed by atoms with Crippen LogP contribution in [0.1, 0.15) is 38.1 Å². The molecule has 3 aromatic heterocycles. The van der Waals surface area contributed by atoms with Gasteiger partial charge in [0, 0.05) is 54.7 Å². The molecule has 1 unspecified atom stereocenters. The quantitative estimate of drug-likeness (QED) is 0.101. The smallest absolute Gasteiger partial charge is 0.422 e. The van der Waals surface area contributed by atoms with Crippen LogP contribution in [0.3, 0.4) is 0 Å². The summed E-state index contributed by atoms with van der Waals surface area (Å²) in [6.07, 6.45) is 2.96. The Hall–Kier alpha value is -6.26. The van der Waals surface area contributed by atoms with Gasteiger partial charge in [-0.3, -0.25) is 14.6 Å². The molecule has 0 N–H and O–H groups in total. The molecule has 11 nitrogen and oxygen atoms in total. The van der Waals surface area contributed by atoms with Gasteiger partial charge in [-0.25, -0.2) is 9.69 Å². The minimum Gasteiger partial charge on any atom is -0.461 e. The lowest BCUT2D eigenvalue weighted by molar-refractivity contribution is -0.123. The maximum Gasteiger partial charge on any atom is 0.422 e. The molecule has 2 amide bonds. The van der Waals surface area contributed by atoms with Gasteiger partial charge in [-0.1, -0.05) is 103 Å². The Kier molecular flexibility index (Phi) is 13.6. The average Bonchev–Trinajstić information content (AvgIpc) is 4.14. The topological polar surface area (TPSA) is 111 Å². The van der Waals surface area contributed by atoms with Crippen LogP contribution in [0.5, 0.6) is 0 Å². The summed E-state index contributed by atoms with van der Waals surface area (Å²) in [6.45, 7) is 7.42. The number of benzene rings is 3. The summed E-state index contributed by atoms with van der Waals surface area (Å²) in [5, 5.41) is 1.91. The van der Waals surface area contributed by atoms with Gasteiger partial charge in [0.25, 0.3) is 16.3 Å². The van der Waals surface area contributed by atoms with E-state index in [4.69, 9.17) is 76.3 Å². The van der Waals surface area contributed by atoms with Gasteiger partial charge >= 0.3 is 6.09 Å². The second-order valence-corrected chi connectivity index (χ2v) is 14.9. The summed E-state index contributed by atoms with van der Waals surface area (Å²) in [5.74, 6) is 3.66. The SMILES string of the molecule is CCN1C(=O)O/C(=C\c2ccc(-c3ccccc3)o2)C1=O.CCN1C(=S)O/C(=C\c2cc3ccccc3o2)C1=S.CCN1C(=S)OC(Cc2ccc(-c3ccccc3)o2)C1=S. The molecular formula is C46H39N3O8S4. The number of cyclic esters (lactones) is 1. The third-order valence-corrected chi connectivity index (χ3v) is 11.0. The van der Waals surface area contributed by atoms with Crippen LogP contribution in [0.15, 0.2) is 140 Å². The maximum atomic E-state index is 11.9. The Morgan fingerprint density at radius 2 is 1.20 bits per heavy atom. The van der Waals surface area contributed by atoms with Crippen molar-refractivity contribution in [3.05, 3.63) is 144 Å². The minimum atomic E-state index is -0.649. The lowest BCUT2D eigenvalue weighted by atomic mass is 10.2. The molecule has 0 saturated carbocycles. The Labute approximate surface area is 373 Å². The lowest BCUT2D eigenvalue weighted by Gasteiger charge is -2.11. The van der Waals surface area contributed by atoms with E-state index in [2.05, 4.69) is 0 Å². The fraction of sp³-hybridized carbons (Fsp3) is 0.174. The Balaban J connectivity index is 0.000000138. The molecule has 3 fully saturated rings. The summed E-state index contributed by atoms with van der Waals surface area (Å²) in [6, 6.07) is 36.9. The number of hydrogen-bond acceptors (Lipinski definition) is 12. The number of carbonyl (C=O) groups excluding carboxylic acids is 2. The van der Waals surface area contributed by atoms with E-state index in [1.165, 1.54) is 6.08 Å². The van der Waals surface area contributed by atoms with E-state index < -0.39 is 12.0 Å². The number of likely N-dealkylation sites (N-methyl/N-ethyl adjacent to an activating group) is 3. The number of imide groups is 1. The highest BCUT2D eigenvalue weighted by Crippen LogP contribution is 2.28. The first-order chi connectivity index (χ1) is 29.6. The van der Waals surface area contributed by atoms with E-state index in [1.54, 1.807) is 30.0 Å². The molecule has 0 radical (unpaired) electrons. The van der Waals surface area contributed by atoms with E-state index in [-0.39, 0.29) is 18.4 Å². The summed E-state index contributed by atoms with van der Waals surface area (Å²) >= 11 is 21.0. The zero-order valence-electron chi connectivity index (χ0n) is 33.3. The van der Waals surface area contributed by atoms with Crippen molar-refractivity contribution in [2.45, 2.75) is 33.3 Å². The number of ether oxygens (including phenoxy) is 3. The van der Waals surface area contributed by atoms with Crippen molar-refractivity contribution in [2.24, 2.45) is 0 Å². The van der Waals surface area contributed by atoms with Crippen LogP contribution in [0.4, 0.5) is 4.79 Å². The number of nitrogens with zero attached hydrogens (tertiary/aromatic N) is 3. The molecule has 61 heavy (non-hydrogen) atoms. The standard InChI is InChI=1S/C16H13NO4.C16H15NO2S2.C14H11NO2S2/c1-2-17-15(18)14(21-16(17)19)10-12-8-9-13(20-12)11-6-4-3-5-7-11;1-2-17-15(20)14(19-16(17)21)10-12-8-9-13(18-12)11-6-4-3-5-7-11;1-2-15-13(18)12(17-14(15)19)8-10-7-9-5-3-4-6-11(9)16-10/h3-10H,2H2,1H3;3-9,14H,2,10H2,1H3;3-8H,2H2,1H3/b14-10-;;12-8-. The summed E-state index contributed by atoms with van der Waals surface area (Å²) < 4.78 is 33.3. The van der Waals surface area contributed by atoms with Gasteiger partial charge in [0.15, 0.2) is 16.9 Å². The molecule has 15 heteroatoms. The maximum absolute atomic E-state index is 11.9. The summed E-state index contributed by atoms with van der Waals surface area (Å²) in [4.78, 5) is 29.3. The van der Waals surface area contributed by atoms with Crippen LogP contribution in [0.25, 0.3) is 45.8 Å². The van der Waals surface area contributed by atoms with Crippen LogP contribution in [-0.4, -0.2) is 72.8 Å². The molecule has 310 valence electrons. The highest BCUT2D eigenvalue weighted by Gasteiger charge is 2.36. The highest BCUT2D eigenvalue weighted by molar-refractivity contribution is 7.82. The van der Waals surface area contributed by atoms with Crippen LogP contribution in [0, 0.1) is 0 Å². The number of furan rings is 3. The molecule has 3 aliphatic rings. The average molecular weight is 890 g/mol. The van der Waals surface area contributed by atoms with Crippen LogP contribution < -0.4 is 0 Å². The molecule has 3 saturated heterocycles. The lowest BCUT2D eigenvalue weighted by Crippen LogP contribution is -2.30. The zero-order chi connectivity index (χ0) is 43.0. The monoisotopic (exact) mass is 889 g/mol. The molecule has 6 heterocycles. The molecule has 9 rings (SSSR count). The molecular weight excluding hydrogens is 851 g/mol. The molecule has 6 aromatic rings. The van der Waals surface area contributed by atoms with Crippen molar-refractivity contribution in [3.8, 4) is 22.6 Å². The second-order valence-electron chi connectivity index (χ2n) is 13.4. The number of amides is 2. The van der Waals surface area contributed by atoms with Gasteiger partial charge in [0.2, 0.25) is 5.76 Å². The van der Waals surface area contributed by atoms with Crippen molar-refractivity contribution in [1.29, 1.82) is 0 Å². The zero-order valence-corrected chi connectivity index (χ0v) is 36.5. The molecule has 3 aromatic carbocycles. The van der Waals surface area contributed by atoms with Crippen LogP contribution in [-0.2, 0) is 25.4 Å². The van der Waals surface area contributed by atoms with Crippen LogP contribution >= 0.6 is 48.9 Å². The third kappa shape index (κ3) is 9.87. The van der Waals surface area contributed by atoms with Gasteiger partial charge in [-0.05, 0) is 81.6 Å². The number of para-hydroxylation sites is 1. The van der Waals surface area contributed by atoms with Crippen molar-refractivity contribution in [2.75, 3.05) is 19.6 Å². The van der Waals surface area contributed by atoms with Crippen molar-refractivity contribution >= 4 is 104 Å². The number of hydrogen-bond donors (Lipinski definition) is 0.